The van der Waals surface area contributed by atoms with Gasteiger partial charge in [0.25, 0.3) is 0 Å². The van der Waals surface area contributed by atoms with Crippen LogP contribution in [0, 0.1) is 11.8 Å². The maximum Gasteiger partial charge on any atom is 0.184 e. The predicted molar refractivity (Wildman–Crippen MR) is 67.1 cm³/mol. The Kier molecular flexibility index (Phi) is 2.84. The van der Waals surface area contributed by atoms with E-state index in [1.165, 1.54) is 0 Å². The van der Waals surface area contributed by atoms with Crippen LogP contribution in [-0.2, 0) is 14.2 Å². The molecule has 3 aliphatic rings. The lowest BCUT2D eigenvalue weighted by molar-refractivity contribution is -0.240. The van der Waals surface area contributed by atoms with Gasteiger partial charge in [0.2, 0.25) is 0 Å². The summed E-state index contributed by atoms with van der Waals surface area (Å²) in [4.78, 5) is 0. The maximum absolute atomic E-state index is 9.55. The molecular weight excluding hydrogens is 244 g/mol. The quantitative estimate of drug-likeness (QED) is 0.839. The fraction of sp³-hybridized carbons (Fsp3) is 0.600. The molecule has 3 fully saturated rings. The third-order valence-electron chi connectivity index (χ3n) is 4.59. The predicted octanol–water partition coefficient (Wildman–Crippen LogP) is 1.84. The van der Waals surface area contributed by atoms with Crippen molar-refractivity contribution in [3.8, 4) is 0 Å². The van der Waals surface area contributed by atoms with E-state index in [-0.39, 0.29) is 18.5 Å². The van der Waals surface area contributed by atoms with E-state index in [1.54, 1.807) is 0 Å². The number of hydrogen-bond acceptors (Lipinski definition) is 4. The van der Waals surface area contributed by atoms with Crippen LogP contribution in [-0.4, -0.2) is 30.2 Å². The van der Waals surface area contributed by atoms with Gasteiger partial charge < -0.3 is 19.3 Å². The first-order valence-corrected chi connectivity index (χ1v) is 6.97. The molecule has 102 valence electrons. The van der Waals surface area contributed by atoms with Crippen molar-refractivity contribution >= 4 is 0 Å². The Morgan fingerprint density at radius 3 is 2.58 bits per heavy atom. The van der Waals surface area contributed by atoms with Crippen molar-refractivity contribution in [3.05, 3.63) is 35.9 Å². The van der Waals surface area contributed by atoms with Crippen molar-refractivity contribution < 1.29 is 19.3 Å². The van der Waals surface area contributed by atoms with E-state index < -0.39 is 6.29 Å². The van der Waals surface area contributed by atoms with E-state index in [0.29, 0.717) is 24.9 Å². The molecule has 19 heavy (non-hydrogen) atoms. The van der Waals surface area contributed by atoms with Crippen molar-refractivity contribution in [2.45, 2.75) is 37.6 Å². The fourth-order valence-electron chi connectivity index (χ4n) is 3.67. The second-order valence-corrected chi connectivity index (χ2v) is 5.68. The third kappa shape index (κ3) is 1.99. The zero-order valence-corrected chi connectivity index (χ0v) is 10.6. The zero-order valence-electron chi connectivity index (χ0n) is 10.6. The zero-order chi connectivity index (χ0) is 12.8. The van der Waals surface area contributed by atoms with Gasteiger partial charge in [-0.15, -0.1) is 0 Å². The molecule has 1 N–H and O–H groups in total. The topological polar surface area (TPSA) is 47.9 Å². The van der Waals surface area contributed by atoms with E-state index in [0.717, 1.165) is 12.0 Å². The van der Waals surface area contributed by atoms with E-state index in [1.807, 2.05) is 30.3 Å². The maximum atomic E-state index is 9.55. The van der Waals surface area contributed by atoms with Gasteiger partial charge in [0.15, 0.2) is 12.6 Å². The normalized spacial score (nSPS) is 44.9. The minimum atomic E-state index is -0.595. The van der Waals surface area contributed by atoms with Crippen LogP contribution in [0.4, 0.5) is 0 Å². The highest BCUT2D eigenvalue weighted by Gasteiger charge is 2.52. The number of ether oxygens (including phenoxy) is 3. The number of aliphatic hydroxyl groups is 1. The molecule has 1 aliphatic carbocycles. The number of fused-ring (bicyclic) bond motifs is 3. The average Bonchev–Trinajstić information content (AvgIpc) is 2.95. The molecule has 0 spiro atoms. The number of hydrogen-bond donors (Lipinski definition) is 1. The Morgan fingerprint density at radius 1 is 0.947 bits per heavy atom. The van der Waals surface area contributed by atoms with Gasteiger partial charge in [0.1, 0.15) is 0 Å². The highest BCUT2D eigenvalue weighted by Crippen LogP contribution is 2.47. The minimum Gasteiger partial charge on any atom is -0.368 e. The monoisotopic (exact) mass is 262 g/mol. The van der Waals surface area contributed by atoms with Gasteiger partial charge in [0, 0.05) is 24.3 Å². The summed E-state index contributed by atoms with van der Waals surface area (Å²) in [5.74, 6) is 0.749. The second kappa shape index (κ2) is 4.56. The van der Waals surface area contributed by atoms with Crippen LogP contribution in [0.25, 0.3) is 0 Å². The highest BCUT2D eigenvalue weighted by atomic mass is 16.7. The van der Waals surface area contributed by atoms with Crippen LogP contribution < -0.4 is 0 Å². The first kappa shape index (κ1) is 11.9. The van der Waals surface area contributed by atoms with Gasteiger partial charge in [-0.25, -0.2) is 0 Å². The van der Waals surface area contributed by atoms with E-state index in [4.69, 9.17) is 14.2 Å². The van der Waals surface area contributed by atoms with Gasteiger partial charge in [-0.05, 0) is 5.92 Å². The first-order valence-electron chi connectivity index (χ1n) is 6.97. The van der Waals surface area contributed by atoms with Crippen molar-refractivity contribution in [2.75, 3.05) is 6.61 Å². The van der Waals surface area contributed by atoms with Gasteiger partial charge in [-0.1, -0.05) is 30.3 Å². The lowest BCUT2D eigenvalue weighted by Crippen LogP contribution is -2.35. The summed E-state index contributed by atoms with van der Waals surface area (Å²) >= 11 is 0. The number of benzene rings is 1. The first-order chi connectivity index (χ1) is 9.31. The van der Waals surface area contributed by atoms with Crippen molar-refractivity contribution in [1.29, 1.82) is 0 Å². The summed E-state index contributed by atoms with van der Waals surface area (Å²) in [6.45, 7) is 0.696. The SMILES string of the molecule is OC1CC2[C@@H](C[C@@H]3OC(c4ccccc4)OC[C@@H]23)O1. The molecule has 4 rings (SSSR count). The molecule has 1 aromatic carbocycles. The molecule has 0 radical (unpaired) electrons. The van der Waals surface area contributed by atoms with Gasteiger partial charge in [0.05, 0.1) is 18.8 Å². The van der Waals surface area contributed by atoms with Gasteiger partial charge in [-0.2, -0.15) is 0 Å². The summed E-state index contributed by atoms with van der Waals surface area (Å²) < 4.78 is 17.5. The van der Waals surface area contributed by atoms with Crippen molar-refractivity contribution in [1.82, 2.24) is 0 Å². The van der Waals surface area contributed by atoms with Crippen LogP contribution in [0.3, 0.4) is 0 Å². The van der Waals surface area contributed by atoms with Gasteiger partial charge >= 0.3 is 0 Å². The molecule has 0 amide bonds. The molecule has 2 saturated heterocycles. The standard InChI is InChI=1S/C15H18O4/c16-14-6-10-11-8-17-15(9-4-2-1-3-5-9)19-13(11)7-12(10)18-14/h1-5,10-16H,6-8H2/t10?,11-,12+,13-,14?,15?/m0/s1. The third-order valence-corrected chi connectivity index (χ3v) is 4.59. The number of rotatable bonds is 1. The van der Waals surface area contributed by atoms with Gasteiger partial charge in [-0.3, -0.25) is 0 Å². The van der Waals surface area contributed by atoms with Crippen LogP contribution in [0.2, 0.25) is 0 Å². The molecule has 6 atom stereocenters. The molecule has 1 saturated carbocycles. The van der Waals surface area contributed by atoms with Crippen LogP contribution >= 0.6 is 0 Å². The Morgan fingerprint density at radius 2 is 1.74 bits per heavy atom. The summed E-state index contributed by atoms with van der Waals surface area (Å²) in [7, 11) is 0. The minimum absolute atomic E-state index is 0.142. The molecule has 0 aromatic heterocycles. The smallest absolute Gasteiger partial charge is 0.184 e. The van der Waals surface area contributed by atoms with Crippen LogP contribution in [0.15, 0.2) is 30.3 Å². The second-order valence-electron chi connectivity index (χ2n) is 5.68. The van der Waals surface area contributed by atoms with Crippen molar-refractivity contribution in [3.63, 3.8) is 0 Å². The lowest BCUT2D eigenvalue weighted by Gasteiger charge is -2.34. The molecular formula is C15H18O4. The van der Waals surface area contributed by atoms with Crippen LogP contribution in [0.5, 0.6) is 0 Å². The molecule has 4 nitrogen and oxygen atoms in total. The molecule has 0 bridgehead atoms. The van der Waals surface area contributed by atoms with E-state index in [9.17, 15) is 5.11 Å². The lowest BCUT2D eigenvalue weighted by atomic mass is 9.92. The van der Waals surface area contributed by atoms with Crippen molar-refractivity contribution in [2.24, 2.45) is 11.8 Å². The molecule has 3 unspecified atom stereocenters. The summed E-state index contributed by atoms with van der Waals surface area (Å²) in [5, 5.41) is 9.55. The van der Waals surface area contributed by atoms with E-state index >= 15 is 0 Å². The molecule has 2 aliphatic heterocycles. The highest BCUT2D eigenvalue weighted by molar-refractivity contribution is 5.16. The molecule has 1 aromatic rings. The Balaban J connectivity index is 1.49. The summed E-state index contributed by atoms with van der Waals surface area (Å²) in [6, 6.07) is 10.0. The summed E-state index contributed by atoms with van der Waals surface area (Å²) in [5.41, 5.74) is 1.07. The molecule has 2 heterocycles. The average molecular weight is 262 g/mol. The van der Waals surface area contributed by atoms with E-state index in [2.05, 4.69) is 0 Å². The largest absolute Gasteiger partial charge is 0.368 e. The molecule has 4 heteroatoms. The van der Waals surface area contributed by atoms with Crippen LogP contribution in [0.1, 0.15) is 24.7 Å². The Labute approximate surface area is 112 Å². The number of aliphatic hydroxyl groups excluding tert-OH is 1. The Hall–Kier alpha value is -0.940. The fourth-order valence-corrected chi connectivity index (χ4v) is 3.67. The summed E-state index contributed by atoms with van der Waals surface area (Å²) in [6.07, 6.45) is 1.08. The Bertz CT molecular complexity index is 449.